The smallest absolute Gasteiger partial charge is 0.336 e. The molecule has 3 aromatic rings. The highest BCUT2D eigenvalue weighted by Crippen LogP contribution is 2.28. The molecule has 1 N–H and O–H groups in total. The van der Waals surface area contributed by atoms with Crippen molar-refractivity contribution in [2.24, 2.45) is 0 Å². The lowest BCUT2D eigenvalue weighted by molar-refractivity contribution is 0.0699. The largest absolute Gasteiger partial charge is 0.478 e. The number of carboxylic acids is 1. The fraction of sp³-hybridized carbons (Fsp3) is 0.0588. The molecule has 0 spiro atoms. The van der Waals surface area contributed by atoms with E-state index in [0.717, 1.165) is 21.1 Å². The lowest BCUT2D eigenvalue weighted by Gasteiger charge is -2.09. The van der Waals surface area contributed by atoms with Gasteiger partial charge in [0.1, 0.15) is 0 Å². The van der Waals surface area contributed by atoms with Crippen molar-refractivity contribution in [3.05, 3.63) is 64.1 Å². The van der Waals surface area contributed by atoms with Gasteiger partial charge in [-0.15, -0.1) is 0 Å². The summed E-state index contributed by atoms with van der Waals surface area (Å²) in [6.45, 7) is 1.94. The number of para-hydroxylation sites is 1. The molecule has 0 saturated carbocycles. The van der Waals surface area contributed by atoms with Crippen molar-refractivity contribution in [1.29, 1.82) is 0 Å². The van der Waals surface area contributed by atoms with Gasteiger partial charge in [0, 0.05) is 15.4 Å². The number of pyridine rings is 1. The predicted molar refractivity (Wildman–Crippen MR) is 86.6 cm³/mol. The van der Waals surface area contributed by atoms with Gasteiger partial charge in [-0.25, -0.2) is 9.78 Å². The number of aromatic carboxylic acids is 1. The minimum absolute atomic E-state index is 0.277. The summed E-state index contributed by atoms with van der Waals surface area (Å²) < 4.78 is 0.934. The molecule has 3 rings (SSSR count). The van der Waals surface area contributed by atoms with Crippen LogP contribution < -0.4 is 0 Å². The summed E-state index contributed by atoms with van der Waals surface area (Å²) in [6, 6.07) is 14.9. The Morgan fingerprint density at radius 1 is 1.14 bits per heavy atom. The Morgan fingerprint density at radius 3 is 2.62 bits per heavy atom. The topological polar surface area (TPSA) is 50.2 Å². The molecule has 0 aliphatic heterocycles. The Balaban J connectivity index is 2.35. The van der Waals surface area contributed by atoms with E-state index in [1.165, 1.54) is 0 Å². The second-order valence-electron chi connectivity index (χ2n) is 4.84. The van der Waals surface area contributed by atoms with Crippen molar-refractivity contribution >= 4 is 32.8 Å². The third kappa shape index (κ3) is 2.54. The van der Waals surface area contributed by atoms with E-state index in [0.29, 0.717) is 11.1 Å². The maximum Gasteiger partial charge on any atom is 0.336 e. The Morgan fingerprint density at radius 2 is 1.90 bits per heavy atom. The predicted octanol–water partition coefficient (Wildman–Crippen LogP) is 4.67. The number of carbonyl (C=O) groups is 1. The molecule has 4 heteroatoms. The minimum atomic E-state index is -0.941. The number of fused-ring (bicyclic) bond motifs is 1. The van der Waals surface area contributed by atoms with E-state index in [-0.39, 0.29) is 5.56 Å². The van der Waals surface area contributed by atoms with Gasteiger partial charge in [0.05, 0.1) is 16.8 Å². The van der Waals surface area contributed by atoms with Crippen LogP contribution in [0.5, 0.6) is 0 Å². The number of nitrogens with zero attached hydrogens (tertiary/aromatic N) is 1. The van der Waals surface area contributed by atoms with E-state index in [1.807, 2.05) is 43.3 Å². The number of rotatable bonds is 2. The molecule has 1 heterocycles. The van der Waals surface area contributed by atoms with Crippen LogP contribution in [0.1, 0.15) is 15.9 Å². The molecule has 2 aromatic carbocycles. The van der Waals surface area contributed by atoms with Gasteiger partial charge in [0.25, 0.3) is 0 Å². The van der Waals surface area contributed by atoms with Gasteiger partial charge in [-0.1, -0.05) is 46.3 Å². The number of halogens is 1. The van der Waals surface area contributed by atoms with Crippen LogP contribution in [0, 0.1) is 6.92 Å². The highest BCUT2D eigenvalue weighted by Gasteiger charge is 2.14. The fourth-order valence-corrected chi connectivity index (χ4v) is 2.76. The van der Waals surface area contributed by atoms with Gasteiger partial charge >= 0.3 is 5.97 Å². The van der Waals surface area contributed by atoms with Crippen molar-refractivity contribution in [2.45, 2.75) is 6.92 Å². The summed E-state index contributed by atoms with van der Waals surface area (Å²) >= 11 is 3.43. The molecule has 0 fully saturated rings. The van der Waals surface area contributed by atoms with Crippen LogP contribution in [0.2, 0.25) is 0 Å². The minimum Gasteiger partial charge on any atom is -0.478 e. The summed E-state index contributed by atoms with van der Waals surface area (Å²) in [5.74, 6) is -0.941. The van der Waals surface area contributed by atoms with Crippen LogP contribution in [0.3, 0.4) is 0 Å². The molecule has 0 atom stereocenters. The van der Waals surface area contributed by atoms with Crippen molar-refractivity contribution in [2.75, 3.05) is 0 Å². The second kappa shape index (κ2) is 5.30. The van der Waals surface area contributed by atoms with E-state index in [9.17, 15) is 9.90 Å². The average molecular weight is 342 g/mol. The van der Waals surface area contributed by atoms with Crippen LogP contribution in [0.4, 0.5) is 0 Å². The zero-order valence-electron chi connectivity index (χ0n) is 11.3. The Kier molecular flexibility index (Phi) is 3.47. The van der Waals surface area contributed by atoms with E-state index in [2.05, 4.69) is 20.9 Å². The Hall–Kier alpha value is -2.20. The molecule has 104 valence electrons. The molecule has 21 heavy (non-hydrogen) atoms. The molecule has 3 nitrogen and oxygen atoms in total. The van der Waals surface area contributed by atoms with Crippen molar-refractivity contribution in [3.63, 3.8) is 0 Å². The highest BCUT2D eigenvalue weighted by molar-refractivity contribution is 9.10. The summed E-state index contributed by atoms with van der Waals surface area (Å²) in [5.41, 5.74) is 3.52. The van der Waals surface area contributed by atoms with Gasteiger partial charge in [-0.05, 0) is 30.7 Å². The van der Waals surface area contributed by atoms with Crippen molar-refractivity contribution in [3.8, 4) is 11.3 Å². The maximum atomic E-state index is 11.5. The first kappa shape index (κ1) is 13.8. The quantitative estimate of drug-likeness (QED) is 0.736. The lowest BCUT2D eigenvalue weighted by atomic mass is 10.0. The second-order valence-corrected chi connectivity index (χ2v) is 5.76. The molecule has 0 bridgehead atoms. The molecule has 0 saturated heterocycles. The third-order valence-electron chi connectivity index (χ3n) is 3.39. The van der Waals surface area contributed by atoms with Gasteiger partial charge in [0.2, 0.25) is 0 Å². The molecular weight excluding hydrogens is 330 g/mol. The highest BCUT2D eigenvalue weighted by atomic mass is 79.9. The molecule has 0 amide bonds. The molecule has 0 aliphatic carbocycles. The molecule has 0 unspecified atom stereocenters. The summed E-state index contributed by atoms with van der Waals surface area (Å²) in [6.07, 6.45) is 0. The van der Waals surface area contributed by atoms with E-state index < -0.39 is 5.97 Å². The van der Waals surface area contributed by atoms with Crippen molar-refractivity contribution < 1.29 is 9.90 Å². The molecule has 0 radical (unpaired) electrons. The Labute approximate surface area is 130 Å². The monoisotopic (exact) mass is 341 g/mol. The van der Waals surface area contributed by atoms with Crippen LogP contribution in [-0.4, -0.2) is 16.1 Å². The maximum absolute atomic E-state index is 11.5. The summed E-state index contributed by atoms with van der Waals surface area (Å²) in [4.78, 5) is 16.2. The van der Waals surface area contributed by atoms with Crippen LogP contribution in [0.25, 0.3) is 22.2 Å². The van der Waals surface area contributed by atoms with E-state index in [4.69, 9.17) is 0 Å². The number of hydrogen-bond acceptors (Lipinski definition) is 2. The third-order valence-corrected chi connectivity index (χ3v) is 3.89. The number of carboxylic acid groups (broad SMARTS) is 1. The number of benzene rings is 2. The number of aryl methyl sites for hydroxylation is 1. The van der Waals surface area contributed by atoms with Crippen LogP contribution in [-0.2, 0) is 0 Å². The van der Waals surface area contributed by atoms with Gasteiger partial charge in [0.15, 0.2) is 0 Å². The first-order valence-electron chi connectivity index (χ1n) is 6.46. The van der Waals surface area contributed by atoms with Crippen molar-refractivity contribution in [1.82, 2.24) is 4.98 Å². The van der Waals surface area contributed by atoms with Crippen LogP contribution in [0.15, 0.2) is 53.0 Å². The van der Waals surface area contributed by atoms with Crippen LogP contribution >= 0.6 is 15.9 Å². The number of aromatic nitrogens is 1. The molecule has 1 aromatic heterocycles. The average Bonchev–Trinajstić information content (AvgIpc) is 2.46. The van der Waals surface area contributed by atoms with E-state index >= 15 is 0 Å². The number of hydrogen-bond donors (Lipinski definition) is 1. The van der Waals surface area contributed by atoms with Gasteiger partial charge in [-0.2, -0.15) is 0 Å². The molecular formula is C17H12BrNO2. The van der Waals surface area contributed by atoms with Gasteiger partial charge in [-0.3, -0.25) is 0 Å². The first-order valence-corrected chi connectivity index (χ1v) is 7.25. The molecule has 0 aliphatic rings. The standard InChI is InChI=1S/C17H12BrNO2/c1-10-4-2-7-13-14(17(20)21)9-15(19-16(10)13)11-5-3-6-12(18)8-11/h2-9H,1H3,(H,20,21). The fourth-order valence-electron chi connectivity index (χ4n) is 2.36. The summed E-state index contributed by atoms with van der Waals surface area (Å²) in [5, 5.41) is 10.1. The zero-order chi connectivity index (χ0) is 15.0. The zero-order valence-corrected chi connectivity index (χ0v) is 12.9. The normalized spacial score (nSPS) is 10.8. The van der Waals surface area contributed by atoms with E-state index in [1.54, 1.807) is 12.1 Å². The summed E-state index contributed by atoms with van der Waals surface area (Å²) in [7, 11) is 0. The SMILES string of the molecule is Cc1cccc2c(C(=O)O)cc(-c3cccc(Br)c3)nc12. The van der Waals surface area contributed by atoms with Gasteiger partial charge < -0.3 is 5.11 Å². The Bertz CT molecular complexity index is 859. The first-order chi connectivity index (χ1) is 10.1. The lowest BCUT2D eigenvalue weighted by Crippen LogP contribution is -2.01.